The van der Waals surface area contributed by atoms with Gasteiger partial charge in [-0.25, -0.2) is 0 Å². The van der Waals surface area contributed by atoms with Crippen molar-refractivity contribution in [3.8, 4) is 11.5 Å². The van der Waals surface area contributed by atoms with E-state index in [9.17, 15) is 5.11 Å². The number of fused-ring (bicyclic) bond motifs is 1. The number of aliphatic hydroxyl groups excluding tert-OH is 1. The monoisotopic (exact) mass is 339 g/mol. The average molecular weight is 339 g/mol. The Bertz CT molecular complexity index is 691. The van der Waals surface area contributed by atoms with Crippen molar-refractivity contribution in [3.05, 3.63) is 60.2 Å². The zero-order chi connectivity index (χ0) is 17.1. The Morgan fingerprint density at radius 2 is 1.56 bits per heavy atom. The Kier molecular flexibility index (Phi) is 4.90. The van der Waals surface area contributed by atoms with Gasteiger partial charge in [-0.1, -0.05) is 42.5 Å². The van der Waals surface area contributed by atoms with Gasteiger partial charge in [-0.3, -0.25) is 0 Å². The third-order valence-corrected chi connectivity index (χ3v) is 5.35. The molecule has 1 saturated heterocycles. The van der Waals surface area contributed by atoms with Crippen LogP contribution in [0.2, 0.25) is 0 Å². The molecular weight excluding hydrogens is 314 g/mol. The summed E-state index contributed by atoms with van der Waals surface area (Å²) in [7, 11) is 0. The van der Waals surface area contributed by atoms with Gasteiger partial charge < -0.3 is 19.9 Å². The van der Waals surface area contributed by atoms with Crippen molar-refractivity contribution in [3.63, 3.8) is 0 Å². The molecule has 4 atom stereocenters. The van der Waals surface area contributed by atoms with Crippen LogP contribution < -0.4 is 14.8 Å². The number of ether oxygens (including phenoxy) is 2. The van der Waals surface area contributed by atoms with Crippen LogP contribution in [0.15, 0.2) is 54.6 Å². The molecule has 0 radical (unpaired) electrons. The summed E-state index contributed by atoms with van der Waals surface area (Å²) in [6, 6.07) is 17.8. The van der Waals surface area contributed by atoms with E-state index < -0.39 is 6.10 Å². The summed E-state index contributed by atoms with van der Waals surface area (Å²) in [5.74, 6) is 2.63. The first-order chi connectivity index (χ1) is 12.3. The maximum atomic E-state index is 10.5. The molecule has 4 heteroatoms. The van der Waals surface area contributed by atoms with Crippen LogP contribution in [0.3, 0.4) is 0 Å². The van der Waals surface area contributed by atoms with E-state index in [1.807, 2.05) is 54.6 Å². The molecule has 2 fully saturated rings. The molecule has 4 nitrogen and oxygen atoms in total. The van der Waals surface area contributed by atoms with Gasteiger partial charge in [0.2, 0.25) is 0 Å². The molecule has 2 aromatic carbocycles. The molecule has 0 aromatic heterocycles. The summed E-state index contributed by atoms with van der Waals surface area (Å²) in [5, 5.41) is 13.9. The van der Waals surface area contributed by atoms with Gasteiger partial charge in [-0.15, -0.1) is 0 Å². The van der Waals surface area contributed by atoms with Gasteiger partial charge in [-0.05, 0) is 55.5 Å². The standard InChI is InChI=1S/C21H25NO3/c23-18-10-16-12-22-13-17(16)11-21(18)25-20-9-5-4-8-19(20)24-14-15-6-2-1-3-7-15/h1-9,16-18,21-23H,10-14H2/t16-,17+,18+,21+/m0/s1. The molecule has 1 heterocycles. The Balaban J connectivity index is 1.43. The SMILES string of the molecule is O[C@@H]1C[C@H]2CNC[C@H]2C[C@H]1Oc1ccccc1OCc1ccccc1. The molecule has 0 unspecified atom stereocenters. The maximum Gasteiger partial charge on any atom is 0.161 e. The fourth-order valence-electron chi connectivity index (χ4n) is 3.95. The van der Waals surface area contributed by atoms with Crippen molar-refractivity contribution >= 4 is 0 Å². The van der Waals surface area contributed by atoms with Crippen LogP contribution in [0, 0.1) is 11.8 Å². The second-order valence-electron chi connectivity index (χ2n) is 7.09. The molecular formula is C21H25NO3. The van der Waals surface area contributed by atoms with Gasteiger partial charge in [0.1, 0.15) is 12.7 Å². The van der Waals surface area contributed by atoms with E-state index in [-0.39, 0.29) is 6.10 Å². The second-order valence-corrected chi connectivity index (χ2v) is 7.09. The highest BCUT2D eigenvalue weighted by Gasteiger charge is 2.40. The van der Waals surface area contributed by atoms with Gasteiger partial charge in [0.25, 0.3) is 0 Å². The first kappa shape index (κ1) is 16.4. The molecule has 1 saturated carbocycles. The molecule has 132 valence electrons. The van der Waals surface area contributed by atoms with Gasteiger partial charge in [0.05, 0.1) is 6.10 Å². The summed E-state index contributed by atoms with van der Waals surface area (Å²) >= 11 is 0. The van der Waals surface area contributed by atoms with Crippen LogP contribution in [0.25, 0.3) is 0 Å². The Hall–Kier alpha value is -2.04. The van der Waals surface area contributed by atoms with E-state index in [4.69, 9.17) is 9.47 Å². The number of aliphatic hydroxyl groups is 1. The first-order valence-corrected chi connectivity index (χ1v) is 9.11. The molecule has 1 aliphatic heterocycles. The molecule has 1 aliphatic carbocycles. The highest BCUT2D eigenvalue weighted by molar-refractivity contribution is 5.40. The normalized spacial score (nSPS) is 28.4. The van der Waals surface area contributed by atoms with Crippen molar-refractivity contribution in [2.24, 2.45) is 11.8 Å². The van der Waals surface area contributed by atoms with E-state index >= 15 is 0 Å². The van der Waals surface area contributed by atoms with Gasteiger partial charge in [0, 0.05) is 0 Å². The minimum absolute atomic E-state index is 0.164. The maximum absolute atomic E-state index is 10.5. The van der Waals surface area contributed by atoms with Crippen molar-refractivity contribution in [1.29, 1.82) is 0 Å². The van der Waals surface area contributed by atoms with E-state index in [0.717, 1.165) is 37.2 Å². The molecule has 2 aliphatic rings. The van der Waals surface area contributed by atoms with Gasteiger partial charge in [-0.2, -0.15) is 0 Å². The smallest absolute Gasteiger partial charge is 0.161 e. The summed E-state index contributed by atoms with van der Waals surface area (Å²) < 4.78 is 12.2. The predicted molar refractivity (Wildman–Crippen MR) is 96.7 cm³/mol. The van der Waals surface area contributed by atoms with Crippen molar-refractivity contribution in [2.45, 2.75) is 31.7 Å². The number of nitrogens with one attached hydrogen (secondary N) is 1. The summed E-state index contributed by atoms with van der Waals surface area (Å²) in [6.07, 6.45) is 1.13. The lowest BCUT2D eigenvalue weighted by molar-refractivity contribution is -0.0243. The van der Waals surface area contributed by atoms with Crippen LogP contribution in [-0.4, -0.2) is 30.4 Å². The Morgan fingerprint density at radius 3 is 2.36 bits per heavy atom. The number of benzene rings is 2. The van der Waals surface area contributed by atoms with E-state index in [0.29, 0.717) is 24.2 Å². The predicted octanol–water partition coefficient (Wildman–Crippen LogP) is 3.00. The van der Waals surface area contributed by atoms with Crippen LogP contribution in [0.4, 0.5) is 0 Å². The van der Waals surface area contributed by atoms with Crippen LogP contribution in [-0.2, 0) is 6.61 Å². The van der Waals surface area contributed by atoms with Crippen LogP contribution in [0.1, 0.15) is 18.4 Å². The first-order valence-electron chi connectivity index (χ1n) is 9.11. The lowest BCUT2D eigenvalue weighted by Crippen LogP contribution is -2.42. The van der Waals surface area contributed by atoms with Gasteiger partial charge >= 0.3 is 0 Å². The molecule has 4 rings (SSSR count). The van der Waals surface area contributed by atoms with Gasteiger partial charge in [0.15, 0.2) is 11.5 Å². The number of hydrogen-bond acceptors (Lipinski definition) is 4. The summed E-state index contributed by atoms with van der Waals surface area (Å²) in [4.78, 5) is 0. The summed E-state index contributed by atoms with van der Waals surface area (Å²) in [5.41, 5.74) is 1.12. The third-order valence-electron chi connectivity index (χ3n) is 5.35. The highest BCUT2D eigenvalue weighted by Crippen LogP contribution is 2.37. The minimum Gasteiger partial charge on any atom is -0.485 e. The van der Waals surface area contributed by atoms with Crippen LogP contribution in [0.5, 0.6) is 11.5 Å². The zero-order valence-corrected chi connectivity index (χ0v) is 14.3. The van der Waals surface area contributed by atoms with Crippen molar-refractivity contribution < 1.29 is 14.6 Å². The lowest BCUT2D eigenvalue weighted by atomic mass is 9.78. The lowest BCUT2D eigenvalue weighted by Gasteiger charge is -2.35. The van der Waals surface area contributed by atoms with E-state index in [1.165, 1.54) is 0 Å². The topological polar surface area (TPSA) is 50.7 Å². The van der Waals surface area contributed by atoms with E-state index in [2.05, 4.69) is 5.32 Å². The number of hydrogen-bond donors (Lipinski definition) is 2. The summed E-state index contributed by atoms with van der Waals surface area (Å²) in [6.45, 7) is 2.55. The quantitative estimate of drug-likeness (QED) is 0.879. The molecule has 0 spiro atoms. The fourth-order valence-corrected chi connectivity index (χ4v) is 3.95. The number of rotatable bonds is 5. The Morgan fingerprint density at radius 1 is 0.880 bits per heavy atom. The molecule has 2 aromatic rings. The molecule has 0 amide bonds. The second kappa shape index (κ2) is 7.46. The molecule has 25 heavy (non-hydrogen) atoms. The highest BCUT2D eigenvalue weighted by atomic mass is 16.5. The molecule has 2 N–H and O–H groups in total. The number of para-hydroxylation sites is 2. The van der Waals surface area contributed by atoms with Crippen LogP contribution >= 0.6 is 0 Å². The minimum atomic E-state index is -0.414. The Labute approximate surface area is 148 Å². The molecule has 0 bridgehead atoms. The van der Waals surface area contributed by atoms with Crippen molar-refractivity contribution in [2.75, 3.05) is 13.1 Å². The van der Waals surface area contributed by atoms with E-state index in [1.54, 1.807) is 0 Å². The van der Waals surface area contributed by atoms with Crippen molar-refractivity contribution in [1.82, 2.24) is 5.32 Å². The zero-order valence-electron chi connectivity index (χ0n) is 14.3. The third kappa shape index (κ3) is 3.80. The average Bonchev–Trinajstić information content (AvgIpc) is 3.09. The largest absolute Gasteiger partial charge is 0.485 e. The fraction of sp³-hybridized carbons (Fsp3) is 0.429.